The van der Waals surface area contributed by atoms with Crippen molar-refractivity contribution in [3.8, 4) is 11.1 Å². The first-order chi connectivity index (χ1) is 12.7. The number of nitrogens with one attached hydrogen (secondary N) is 1. The molecule has 0 bridgehead atoms. The van der Waals surface area contributed by atoms with E-state index in [1.165, 1.54) is 37.0 Å². The largest absolute Gasteiger partial charge is 0.298 e. The van der Waals surface area contributed by atoms with E-state index in [1.807, 2.05) is 25.5 Å². The molecule has 3 aromatic rings. The SMILES string of the molecule is Cn1cc(-c2cncc(C(=O)Nc3ncc(C4CCCCC4)s3)c2)cn1. The van der Waals surface area contributed by atoms with Crippen molar-refractivity contribution in [3.05, 3.63) is 47.5 Å². The average molecular weight is 367 g/mol. The Morgan fingerprint density at radius 1 is 1.15 bits per heavy atom. The van der Waals surface area contributed by atoms with E-state index < -0.39 is 0 Å². The molecule has 0 aromatic carbocycles. The summed E-state index contributed by atoms with van der Waals surface area (Å²) in [5, 5.41) is 7.73. The van der Waals surface area contributed by atoms with Crippen molar-refractivity contribution in [1.29, 1.82) is 0 Å². The van der Waals surface area contributed by atoms with Gasteiger partial charge in [0.1, 0.15) is 0 Å². The normalized spacial score (nSPS) is 15.1. The number of nitrogens with zero attached hydrogens (tertiary/aromatic N) is 4. The Bertz CT molecular complexity index is 910. The molecule has 26 heavy (non-hydrogen) atoms. The highest BCUT2D eigenvalue weighted by Crippen LogP contribution is 2.36. The van der Waals surface area contributed by atoms with E-state index in [4.69, 9.17) is 0 Å². The minimum atomic E-state index is -0.187. The second-order valence-electron chi connectivity index (χ2n) is 6.72. The van der Waals surface area contributed by atoms with Crippen LogP contribution in [0.15, 0.2) is 37.1 Å². The van der Waals surface area contributed by atoms with Gasteiger partial charge in [0.25, 0.3) is 5.91 Å². The first-order valence-electron chi connectivity index (χ1n) is 8.90. The summed E-state index contributed by atoms with van der Waals surface area (Å²) in [4.78, 5) is 22.5. The summed E-state index contributed by atoms with van der Waals surface area (Å²) in [7, 11) is 1.86. The van der Waals surface area contributed by atoms with Crippen molar-refractivity contribution in [2.45, 2.75) is 38.0 Å². The topological polar surface area (TPSA) is 72.7 Å². The van der Waals surface area contributed by atoms with Gasteiger partial charge in [-0.2, -0.15) is 5.10 Å². The van der Waals surface area contributed by atoms with Crippen molar-refractivity contribution in [3.63, 3.8) is 0 Å². The number of carbonyl (C=O) groups excluding carboxylic acids is 1. The molecule has 1 aliphatic carbocycles. The van der Waals surface area contributed by atoms with Gasteiger partial charge in [0, 0.05) is 47.8 Å². The zero-order valence-corrected chi connectivity index (χ0v) is 15.5. The molecule has 1 N–H and O–H groups in total. The van der Waals surface area contributed by atoms with Crippen molar-refractivity contribution in [2.24, 2.45) is 7.05 Å². The van der Waals surface area contributed by atoms with Gasteiger partial charge in [0.2, 0.25) is 0 Å². The number of hydrogen-bond acceptors (Lipinski definition) is 5. The number of carbonyl (C=O) groups is 1. The van der Waals surface area contributed by atoms with Crippen molar-refractivity contribution < 1.29 is 4.79 Å². The summed E-state index contributed by atoms with van der Waals surface area (Å²) in [6.45, 7) is 0. The fourth-order valence-electron chi connectivity index (χ4n) is 3.38. The molecular formula is C19H21N5OS. The van der Waals surface area contributed by atoms with E-state index in [9.17, 15) is 4.79 Å². The van der Waals surface area contributed by atoms with Crippen LogP contribution >= 0.6 is 11.3 Å². The van der Waals surface area contributed by atoms with Crippen LogP contribution in [0.3, 0.4) is 0 Å². The molecule has 134 valence electrons. The molecular weight excluding hydrogens is 346 g/mol. The third-order valence-electron chi connectivity index (χ3n) is 4.79. The van der Waals surface area contributed by atoms with Gasteiger partial charge >= 0.3 is 0 Å². The second kappa shape index (κ2) is 7.37. The molecule has 0 saturated heterocycles. The van der Waals surface area contributed by atoms with Crippen molar-refractivity contribution in [2.75, 3.05) is 5.32 Å². The van der Waals surface area contributed by atoms with E-state index in [-0.39, 0.29) is 5.91 Å². The summed E-state index contributed by atoms with van der Waals surface area (Å²) in [6, 6.07) is 1.83. The third-order valence-corrected chi connectivity index (χ3v) is 5.87. The Hall–Kier alpha value is -2.54. The van der Waals surface area contributed by atoms with Gasteiger partial charge in [-0.15, -0.1) is 11.3 Å². The Balaban J connectivity index is 1.47. The van der Waals surface area contributed by atoms with Crippen LogP contribution in [0.25, 0.3) is 11.1 Å². The van der Waals surface area contributed by atoms with Crippen LogP contribution in [0.2, 0.25) is 0 Å². The molecule has 1 saturated carbocycles. The van der Waals surface area contributed by atoms with Crippen LogP contribution in [-0.4, -0.2) is 25.7 Å². The summed E-state index contributed by atoms with van der Waals surface area (Å²) in [6.07, 6.45) is 15.3. The Morgan fingerprint density at radius 2 is 2.00 bits per heavy atom. The molecule has 0 radical (unpaired) electrons. The Labute approximate surface area is 156 Å². The predicted octanol–water partition coefficient (Wildman–Crippen LogP) is 4.24. The van der Waals surface area contributed by atoms with Crippen LogP contribution in [0.1, 0.15) is 53.3 Å². The fourth-order valence-corrected chi connectivity index (χ4v) is 4.36. The number of hydrogen-bond donors (Lipinski definition) is 1. The Kier molecular flexibility index (Phi) is 4.79. The minimum Gasteiger partial charge on any atom is -0.298 e. The van der Waals surface area contributed by atoms with Crippen molar-refractivity contribution >= 4 is 22.4 Å². The molecule has 1 aliphatic rings. The number of anilines is 1. The van der Waals surface area contributed by atoms with E-state index in [1.54, 1.807) is 34.6 Å². The zero-order chi connectivity index (χ0) is 17.9. The average Bonchev–Trinajstić information content (AvgIpc) is 3.32. The molecule has 7 heteroatoms. The highest BCUT2D eigenvalue weighted by molar-refractivity contribution is 7.15. The van der Waals surface area contributed by atoms with Gasteiger partial charge < -0.3 is 0 Å². The maximum Gasteiger partial charge on any atom is 0.259 e. The molecule has 0 unspecified atom stereocenters. The van der Waals surface area contributed by atoms with Gasteiger partial charge in [-0.3, -0.25) is 19.8 Å². The molecule has 3 heterocycles. The minimum absolute atomic E-state index is 0.187. The summed E-state index contributed by atoms with van der Waals surface area (Å²) >= 11 is 1.59. The van der Waals surface area contributed by atoms with Crippen LogP contribution in [-0.2, 0) is 7.05 Å². The second-order valence-corrected chi connectivity index (χ2v) is 7.78. The first kappa shape index (κ1) is 16.9. The molecule has 1 fully saturated rings. The molecule has 1 amide bonds. The standard InChI is InChI=1S/C19H21N5OS/c1-24-12-16(10-22-24)14-7-15(9-20-8-14)18(25)23-19-21-11-17(26-19)13-5-3-2-4-6-13/h7-13H,2-6H2,1H3,(H,21,23,25). The quantitative estimate of drug-likeness (QED) is 0.749. The molecule has 0 atom stereocenters. The number of thiazole rings is 1. The van der Waals surface area contributed by atoms with E-state index in [0.717, 1.165) is 11.1 Å². The highest BCUT2D eigenvalue weighted by Gasteiger charge is 2.19. The van der Waals surface area contributed by atoms with Crippen LogP contribution in [0, 0.1) is 0 Å². The highest BCUT2D eigenvalue weighted by atomic mass is 32.1. The van der Waals surface area contributed by atoms with Crippen LogP contribution in [0.4, 0.5) is 5.13 Å². The summed E-state index contributed by atoms with van der Waals surface area (Å²) < 4.78 is 1.73. The lowest BCUT2D eigenvalue weighted by atomic mass is 9.89. The summed E-state index contributed by atoms with van der Waals surface area (Å²) in [5.41, 5.74) is 2.32. The molecule has 0 aliphatic heterocycles. The Morgan fingerprint density at radius 3 is 2.77 bits per heavy atom. The van der Waals surface area contributed by atoms with E-state index >= 15 is 0 Å². The summed E-state index contributed by atoms with van der Waals surface area (Å²) in [5.74, 6) is 0.412. The molecule has 0 spiro atoms. The zero-order valence-electron chi connectivity index (χ0n) is 14.7. The van der Waals surface area contributed by atoms with Gasteiger partial charge in [0.15, 0.2) is 5.13 Å². The van der Waals surface area contributed by atoms with Gasteiger partial charge in [-0.05, 0) is 24.8 Å². The van der Waals surface area contributed by atoms with Gasteiger partial charge in [-0.25, -0.2) is 4.98 Å². The number of rotatable bonds is 4. The maximum absolute atomic E-state index is 12.6. The molecule has 6 nitrogen and oxygen atoms in total. The van der Waals surface area contributed by atoms with Crippen LogP contribution in [0.5, 0.6) is 0 Å². The van der Waals surface area contributed by atoms with Crippen LogP contribution < -0.4 is 5.32 Å². The smallest absolute Gasteiger partial charge is 0.259 e. The number of amides is 1. The third kappa shape index (κ3) is 3.67. The first-order valence-corrected chi connectivity index (χ1v) is 9.72. The molecule has 4 rings (SSSR count). The lowest BCUT2D eigenvalue weighted by Crippen LogP contribution is -2.12. The van der Waals surface area contributed by atoms with Gasteiger partial charge in [0.05, 0.1) is 11.8 Å². The predicted molar refractivity (Wildman–Crippen MR) is 102 cm³/mol. The van der Waals surface area contributed by atoms with Crippen molar-refractivity contribution in [1.82, 2.24) is 19.7 Å². The number of pyridine rings is 1. The van der Waals surface area contributed by atoms with E-state index in [2.05, 4.69) is 20.4 Å². The van der Waals surface area contributed by atoms with E-state index in [0.29, 0.717) is 16.6 Å². The monoisotopic (exact) mass is 367 g/mol. The number of aromatic nitrogens is 4. The maximum atomic E-state index is 12.6. The lowest BCUT2D eigenvalue weighted by molar-refractivity contribution is 0.102. The molecule has 3 aromatic heterocycles. The lowest BCUT2D eigenvalue weighted by Gasteiger charge is -2.19. The fraction of sp³-hybridized carbons (Fsp3) is 0.368. The number of aryl methyl sites for hydroxylation is 1. The van der Waals surface area contributed by atoms with Gasteiger partial charge in [-0.1, -0.05) is 19.3 Å².